The molecule has 30 heavy (non-hydrogen) atoms. The monoisotopic (exact) mass is 424 g/mol. The number of carbonyl (C=O) groups excluding carboxylic acids is 5. The maximum Gasteiger partial charge on any atom is 0.174 e. The first-order valence-electron chi connectivity index (χ1n) is 9.51. The molecule has 154 valence electrons. The van der Waals surface area contributed by atoms with Crippen LogP contribution in [0.15, 0.2) is 46.2 Å². The van der Waals surface area contributed by atoms with E-state index in [1.807, 2.05) is 0 Å². The number of carbonyl (C=O) groups is 5. The molecule has 0 amide bonds. The van der Waals surface area contributed by atoms with E-state index in [0.717, 1.165) is 0 Å². The Balaban J connectivity index is 2.01. The van der Waals surface area contributed by atoms with Gasteiger partial charge in [-0.15, -0.1) is 0 Å². The van der Waals surface area contributed by atoms with Crippen LogP contribution in [0.3, 0.4) is 0 Å². The molecule has 0 aromatic heterocycles. The topological polar surface area (TPSA) is 102 Å². The summed E-state index contributed by atoms with van der Waals surface area (Å²) in [6.07, 6.45) is 0.708. The molecule has 0 radical (unpaired) electrons. The summed E-state index contributed by atoms with van der Waals surface area (Å²) in [5.74, 6) is -3.00. The number of hydrogen-bond donors (Lipinski definition) is 0. The Labute approximate surface area is 176 Å². The maximum atomic E-state index is 13.1. The van der Waals surface area contributed by atoms with E-state index in [9.17, 15) is 28.2 Å². The smallest absolute Gasteiger partial charge is 0.174 e. The van der Waals surface area contributed by atoms with Gasteiger partial charge in [0.1, 0.15) is 5.78 Å². The van der Waals surface area contributed by atoms with E-state index in [4.69, 9.17) is 0 Å². The van der Waals surface area contributed by atoms with E-state index < -0.39 is 28.4 Å². The van der Waals surface area contributed by atoms with Gasteiger partial charge in [-0.25, -0.2) is 4.21 Å². The molecule has 3 rings (SSSR count). The molecule has 1 aliphatic carbocycles. The predicted octanol–water partition coefficient (Wildman–Crippen LogP) is 3.48. The summed E-state index contributed by atoms with van der Waals surface area (Å²) in [4.78, 5) is 61.0. The third kappa shape index (κ3) is 3.61. The quantitative estimate of drug-likeness (QED) is 0.383. The summed E-state index contributed by atoms with van der Waals surface area (Å²) in [7, 11) is -1.76. The van der Waals surface area contributed by atoms with Crippen LogP contribution in [0.1, 0.15) is 68.6 Å². The molecule has 0 fully saturated rings. The molecular weight excluding hydrogens is 404 g/mol. The fraction of sp³-hybridized carbons (Fsp3) is 0.261. The van der Waals surface area contributed by atoms with Crippen LogP contribution in [0.2, 0.25) is 0 Å². The van der Waals surface area contributed by atoms with Gasteiger partial charge >= 0.3 is 0 Å². The molecule has 3 unspecified atom stereocenters. The fourth-order valence-electron chi connectivity index (χ4n) is 3.43. The van der Waals surface area contributed by atoms with Gasteiger partial charge in [-0.05, 0) is 50.2 Å². The van der Waals surface area contributed by atoms with Gasteiger partial charge in [-0.3, -0.25) is 24.0 Å². The van der Waals surface area contributed by atoms with Gasteiger partial charge in [-0.2, -0.15) is 0 Å². The van der Waals surface area contributed by atoms with E-state index >= 15 is 0 Å². The first-order valence-corrected chi connectivity index (χ1v) is 10.7. The summed E-state index contributed by atoms with van der Waals surface area (Å²) in [6, 6.07) is 8.64. The molecule has 0 aliphatic heterocycles. The SMILES string of the molecule is CCC(=O)C(C)C(=O)c1cc(S(=O)c2ccc3c(c2)C(=O)C(C)C3=O)ccc1C=O. The van der Waals surface area contributed by atoms with Gasteiger partial charge < -0.3 is 0 Å². The van der Waals surface area contributed by atoms with E-state index in [0.29, 0.717) is 16.7 Å². The van der Waals surface area contributed by atoms with Crippen LogP contribution in [0, 0.1) is 11.8 Å². The van der Waals surface area contributed by atoms with Crippen molar-refractivity contribution in [1.29, 1.82) is 0 Å². The number of ketones is 4. The lowest BCUT2D eigenvalue weighted by atomic mass is 9.92. The highest BCUT2D eigenvalue weighted by atomic mass is 32.2. The third-order valence-electron chi connectivity index (χ3n) is 5.38. The largest absolute Gasteiger partial charge is 0.299 e. The second kappa shape index (κ2) is 8.36. The normalized spacial score (nSPS) is 17.4. The van der Waals surface area contributed by atoms with Crippen molar-refractivity contribution in [3.05, 3.63) is 58.7 Å². The molecule has 0 bridgehead atoms. The molecule has 0 heterocycles. The van der Waals surface area contributed by atoms with Crippen LogP contribution in [0.4, 0.5) is 0 Å². The first kappa shape index (κ1) is 21.6. The minimum atomic E-state index is -1.76. The van der Waals surface area contributed by atoms with Crippen LogP contribution in [0.25, 0.3) is 0 Å². The Morgan fingerprint density at radius 1 is 1.03 bits per heavy atom. The molecular formula is C23H20O6S. The highest BCUT2D eigenvalue weighted by Crippen LogP contribution is 2.30. The Bertz CT molecular complexity index is 1130. The molecule has 0 N–H and O–H groups in total. The molecule has 6 nitrogen and oxygen atoms in total. The Kier molecular flexibility index (Phi) is 6.03. The van der Waals surface area contributed by atoms with Gasteiger partial charge in [0, 0.05) is 38.5 Å². The van der Waals surface area contributed by atoms with Crippen molar-refractivity contribution in [3.8, 4) is 0 Å². The van der Waals surface area contributed by atoms with Gasteiger partial charge in [0.05, 0.1) is 22.6 Å². The molecule has 7 heteroatoms. The van der Waals surface area contributed by atoms with Crippen LogP contribution >= 0.6 is 0 Å². The molecule has 2 aromatic rings. The Morgan fingerprint density at radius 3 is 2.27 bits per heavy atom. The van der Waals surface area contributed by atoms with E-state index in [1.165, 1.54) is 50.2 Å². The highest BCUT2D eigenvalue weighted by Gasteiger charge is 2.35. The van der Waals surface area contributed by atoms with Crippen LogP contribution in [0.5, 0.6) is 0 Å². The van der Waals surface area contributed by atoms with Gasteiger partial charge in [0.15, 0.2) is 23.6 Å². The van der Waals surface area contributed by atoms with Gasteiger partial charge in [0.25, 0.3) is 0 Å². The zero-order valence-electron chi connectivity index (χ0n) is 16.8. The van der Waals surface area contributed by atoms with Crippen molar-refractivity contribution in [3.63, 3.8) is 0 Å². The minimum Gasteiger partial charge on any atom is -0.299 e. The van der Waals surface area contributed by atoms with Gasteiger partial charge in [-0.1, -0.05) is 6.92 Å². The van der Waals surface area contributed by atoms with Crippen molar-refractivity contribution < 1.29 is 28.2 Å². The molecule has 0 saturated heterocycles. The Morgan fingerprint density at radius 2 is 1.63 bits per heavy atom. The van der Waals surface area contributed by atoms with Crippen molar-refractivity contribution in [2.45, 2.75) is 37.0 Å². The van der Waals surface area contributed by atoms with Crippen molar-refractivity contribution in [2.75, 3.05) is 0 Å². The average molecular weight is 424 g/mol. The minimum absolute atomic E-state index is 0.0335. The van der Waals surface area contributed by atoms with Crippen LogP contribution in [-0.2, 0) is 15.6 Å². The molecule has 2 aromatic carbocycles. The standard InChI is InChI=1S/C23H20O6S/c1-4-20(25)12(2)21(26)18-9-15(6-5-14(18)11-24)30(29)16-7-8-17-19(10-16)23(28)13(3)22(17)27/h5-13H,4H2,1-3H3. The number of aldehydes is 1. The lowest BCUT2D eigenvalue weighted by molar-refractivity contribution is -0.120. The van der Waals surface area contributed by atoms with Crippen molar-refractivity contribution in [1.82, 2.24) is 0 Å². The summed E-state index contributed by atoms with van der Waals surface area (Å²) in [6.45, 7) is 4.67. The van der Waals surface area contributed by atoms with Crippen molar-refractivity contribution in [2.24, 2.45) is 11.8 Å². The fourth-order valence-corrected chi connectivity index (χ4v) is 4.54. The number of Topliss-reactive ketones (excluding diaryl/α,β-unsaturated/α-hetero) is 4. The lowest BCUT2D eigenvalue weighted by Crippen LogP contribution is -2.22. The number of rotatable bonds is 7. The third-order valence-corrected chi connectivity index (χ3v) is 6.74. The highest BCUT2D eigenvalue weighted by molar-refractivity contribution is 7.85. The zero-order valence-corrected chi connectivity index (χ0v) is 17.6. The first-order chi connectivity index (χ1) is 14.2. The average Bonchev–Trinajstić information content (AvgIpc) is 2.99. The number of benzene rings is 2. The molecule has 3 atom stereocenters. The second-order valence-electron chi connectivity index (χ2n) is 7.20. The number of hydrogen-bond acceptors (Lipinski definition) is 6. The summed E-state index contributed by atoms with van der Waals surface area (Å²) >= 11 is 0. The van der Waals surface area contributed by atoms with E-state index in [2.05, 4.69) is 0 Å². The van der Waals surface area contributed by atoms with Crippen LogP contribution < -0.4 is 0 Å². The summed E-state index contributed by atoms with van der Waals surface area (Å²) < 4.78 is 13.1. The van der Waals surface area contributed by atoms with E-state index in [-0.39, 0.29) is 45.4 Å². The Hall–Kier alpha value is -3.06. The molecule has 1 aliphatic rings. The molecule has 0 saturated carbocycles. The summed E-state index contributed by atoms with van der Waals surface area (Å²) in [5.41, 5.74) is 0.694. The summed E-state index contributed by atoms with van der Waals surface area (Å²) in [5, 5.41) is 0. The maximum absolute atomic E-state index is 13.1. The lowest BCUT2D eigenvalue weighted by Gasteiger charge is -2.12. The van der Waals surface area contributed by atoms with Crippen LogP contribution in [-0.4, -0.2) is 33.6 Å². The zero-order chi connectivity index (χ0) is 22.2. The predicted molar refractivity (Wildman–Crippen MR) is 110 cm³/mol. The van der Waals surface area contributed by atoms with Gasteiger partial charge in [0.2, 0.25) is 0 Å². The number of fused-ring (bicyclic) bond motifs is 1. The van der Waals surface area contributed by atoms with E-state index in [1.54, 1.807) is 6.92 Å². The second-order valence-corrected chi connectivity index (χ2v) is 8.68. The molecule has 0 spiro atoms. The van der Waals surface area contributed by atoms with Crippen molar-refractivity contribution >= 4 is 40.2 Å².